The molecule has 0 aliphatic carbocycles. The van der Waals surface area contributed by atoms with Gasteiger partial charge in [-0.2, -0.15) is 5.10 Å². The van der Waals surface area contributed by atoms with E-state index in [1.807, 2.05) is 42.5 Å². The second-order valence-corrected chi connectivity index (χ2v) is 4.96. The Hall–Kier alpha value is -3.15. The minimum atomic E-state index is -0.457. The molecular weight excluding hydrogens is 306 g/mol. The van der Waals surface area contributed by atoms with Crippen molar-refractivity contribution in [2.45, 2.75) is 6.92 Å². The first-order valence-corrected chi connectivity index (χ1v) is 7.56. The third-order valence-electron chi connectivity index (χ3n) is 3.45. The van der Waals surface area contributed by atoms with Crippen LogP contribution < -0.4 is 4.74 Å². The molecule has 0 N–H and O–H groups in total. The van der Waals surface area contributed by atoms with E-state index in [9.17, 15) is 4.79 Å². The number of hydrogen-bond acceptors (Lipinski definition) is 5. The van der Waals surface area contributed by atoms with Crippen LogP contribution in [0.5, 0.6) is 5.75 Å². The van der Waals surface area contributed by atoms with E-state index in [1.165, 1.54) is 0 Å². The summed E-state index contributed by atoms with van der Waals surface area (Å²) in [4.78, 5) is 16.3. The largest absolute Gasteiger partial charge is 0.497 e. The molecule has 0 fully saturated rings. The van der Waals surface area contributed by atoms with Crippen LogP contribution in [-0.4, -0.2) is 34.5 Å². The molecule has 1 aromatic carbocycles. The van der Waals surface area contributed by atoms with E-state index in [0.717, 1.165) is 17.0 Å². The highest BCUT2D eigenvalue weighted by Gasteiger charge is 2.18. The maximum atomic E-state index is 12.0. The van der Waals surface area contributed by atoms with Crippen molar-refractivity contribution >= 4 is 5.97 Å². The smallest absolute Gasteiger partial charge is 0.358 e. The van der Waals surface area contributed by atoms with E-state index in [1.54, 1.807) is 31.0 Å². The van der Waals surface area contributed by atoms with Gasteiger partial charge in [0.05, 0.1) is 19.4 Å². The number of benzene rings is 1. The van der Waals surface area contributed by atoms with Crippen LogP contribution in [0.1, 0.15) is 17.4 Å². The number of nitrogens with zero attached hydrogens (tertiary/aromatic N) is 3. The van der Waals surface area contributed by atoms with Gasteiger partial charge in [-0.1, -0.05) is 6.07 Å². The fourth-order valence-corrected chi connectivity index (χ4v) is 2.31. The van der Waals surface area contributed by atoms with Gasteiger partial charge < -0.3 is 9.47 Å². The lowest BCUT2D eigenvalue weighted by molar-refractivity contribution is 0.0519. The Labute approximate surface area is 139 Å². The number of pyridine rings is 1. The maximum absolute atomic E-state index is 12.0. The van der Waals surface area contributed by atoms with Crippen molar-refractivity contribution < 1.29 is 14.3 Å². The Morgan fingerprint density at radius 3 is 2.58 bits per heavy atom. The first-order valence-electron chi connectivity index (χ1n) is 7.56. The van der Waals surface area contributed by atoms with Gasteiger partial charge in [-0.25, -0.2) is 14.5 Å². The number of hydrogen-bond donors (Lipinski definition) is 0. The normalized spacial score (nSPS) is 10.4. The molecular formula is C18H17N3O3. The zero-order valence-electron chi connectivity index (χ0n) is 13.5. The predicted molar refractivity (Wildman–Crippen MR) is 89.3 cm³/mol. The average molecular weight is 323 g/mol. The van der Waals surface area contributed by atoms with Crippen LogP contribution in [0.15, 0.2) is 54.7 Å². The van der Waals surface area contributed by atoms with Crippen LogP contribution in [0.2, 0.25) is 0 Å². The summed E-state index contributed by atoms with van der Waals surface area (Å²) >= 11 is 0. The van der Waals surface area contributed by atoms with Gasteiger partial charge in [0.15, 0.2) is 11.5 Å². The highest BCUT2D eigenvalue weighted by atomic mass is 16.5. The SMILES string of the molecule is CCOC(=O)c1cc(-c2ccc(OC)cc2)n(-c2ccccn2)n1. The second-order valence-electron chi connectivity index (χ2n) is 4.96. The maximum Gasteiger partial charge on any atom is 0.358 e. The van der Waals surface area contributed by atoms with Crippen molar-refractivity contribution in [2.24, 2.45) is 0 Å². The molecule has 0 spiro atoms. The first kappa shape index (κ1) is 15.7. The van der Waals surface area contributed by atoms with E-state index >= 15 is 0 Å². The molecule has 0 saturated heterocycles. The van der Waals surface area contributed by atoms with E-state index in [2.05, 4.69) is 10.1 Å². The Kier molecular flexibility index (Phi) is 4.56. The molecule has 122 valence electrons. The van der Waals surface area contributed by atoms with Crippen LogP contribution in [-0.2, 0) is 4.74 Å². The lowest BCUT2D eigenvalue weighted by atomic mass is 10.1. The van der Waals surface area contributed by atoms with E-state index in [0.29, 0.717) is 12.4 Å². The molecule has 24 heavy (non-hydrogen) atoms. The summed E-state index contributed by atoms with van der Waals surface area (Å²) in [5.74, 6) is 0.925. The van der Waals surface area contributed by atoms with Crippen LogP contribution in [0.4, 0.5) is 0 Å². The molecule has 2 heterocycles. The summed E-state index contributed by atoms with van der Waals surface area (Å²) in [6, 6.07) is 14.8. The molecule has 3 aromatic rings. The quantitative estimate of drug-likeness (QED) is 0.675. The third kappa shape index (κ3) is 3.12. The summed E-state index contributed by atoms with van der Waals surface area (Å²) in [5, 5.41) is 4.37. The molecule has 6 nitrogen and oxygen atoms in total. The van der Waals surface area contributed by atoms with Crippen LogP contribution in [0, 0.1) is 0 Å². The molecule has 0 atom stereocenters. The van der Waals surface area contributed by atoms with Crippen LogP contribution in [0.3, 0.4) is 0 Å². The fourth-order valence-electron chi connectivity index (χ4n) is 2.31. The summed E-state index contributed by atoms with van der Waals surface area (Å²) in [6.45, 7) is 2.06. The molecule has 6 heteroatoms. The van der Waals surface area contributed by atoms with Gasteiger partial charge in [0, 0.05) is 11.8 Å². The van der Waals surface area contributed by atoms with Gasteiger partial charge in [-0.15, -0.1) is 0 Å². The lowest BCUT2D eigenvalue weighted by Crippen LogP contribution is -2.07. The number of esters is 1. The zero-order chi connectivity index (χ0) is 16.9. The van der Waals surface area contributed by atoms with E-state index in [4.69, 9.17) is 9.47 Å². The van der Waals surface area contributed by atoms with Crippen molar-refractivity contribution in [3.8, 4) is 22.8 Å². The van der Waals surface area contributed by atoms with Crippen LogP contribution >= 0.6 is 0 Å². The Balaban J connectivity index is 2.09. The van der Waals surface area contributed by atoms with Gasteiger partial charge in [0.1, 0.15) is 5.75 Å². The summed E-state index contributed by atoms with van der Waals surface area (Å²) in [5.41, 5.74) is 1.89. The number of rotatable bonds is 5. The molecule has 3 rings (SSSR count). The molecule has 0 saturated carbocycles. The highest BCUT2D eigenvalue weighted by Crippen LogP contribution is 2.25. The second kappa shape index (κ2) is 6.95. The first-order chi connectivity index (χ1) is 11.7. The molecule has 0 aliphatic heterocycles. The minimum absolute atomic E-state index is 0.244. The van der Waals surface area contributed by atoms with Gasteiger partial charge in [-0.05, 0) is 49.4 Å². The van der Waals surface area contributed by atoms with Crippen molar-refractivity contribution in [3.05, 3.63) is 60.4 Å². The Morgan fingerprint density at radius 1 is 1.17 bits per heavy atom. The number of carbonyl (C=O) groups excluding carboxylic acids is 1. The number of carbonyl (C=O) groups is 1. The van der Waals surface area contributed by atoms with Crippen molar-refractivity contribution in [1.29, 1.82) is 0 Å². The highest BCUT2D eigenvalue weighted by molar-refractivity contribution is 5.89. The molecule has 0 amide bonds. The zero-order valence-corrected chi connectivity index (χ0v) is 13.5. The number of aromatic nitrogens is 3. The van der Waals surface area contributed by atoms with Crippen molar-refractivity contribution in [1.82, 2.24) is 14.8 Å². The minimum Gasteiger partial charge on any atom is -0.497 e. The summed E-state index contributed by atoms with van der Waals surface area (Å²) in [6.07, 6.45) is 1.68. The van der Waals surface area contributed by atoms with E-state index < -0.39 is 5.97 Å². The molecule has 2 aromatic heterocycles. The summed E-state index contributed by atoms with van der Waals surface area (Å²) in [7, 11) is 1.62. The van der Waals surface area contributed by atoms with Gasteiger partial charge in [0.2, 0.25) is 0 Å². The average Bonchev–Trinajstić information content (AvgIpc) is 3.08. The van der Waals surface area contributed by atoms with Crippen molar-refractivity contribution in [3.63, 3.8) is 0 Å². The number of ether oxygens (including phenoxy) is 2. The number of methoxy groups -OCH3 is 1. The molecule has 0 unspecified atom stereocenters. The van der Waals surface area contributed by atoms with E-state index in [-0.39, 0.29) is 5.69 Å². The Morgan fingerprint density at radius 2 is 1.96 bits per heavy atom. The third-order valence-corrected chi connectivity index (χ3v) is 3.45. The lowest BCUT2D eigenvalue weighted by Gasteiger charge is -2.07. The van der Waals surface area contributed by atoms with Gasteiger partial charge >= 0.3 is 5.97 Å². The predicted octanol–water partition coefficient (Wildman–Crippen LogP) is 3.12. The standard InChI is InChI=1S/C18H17N3O3/c1-3-24-18(22)15-12-16(13-7-9-14(23-2)10-8-13)21(20-15)17-6-4-5-11-19-17/h4-12H,3H2,1-2H3. The summed E-state index contributed by atoms with van der Waals surface area (Å²) < 4.78 is 11.9. The Bertz CT molecular complexity index is 826. The topological polar surface area (TPSA) is 66.2 Å². The molecule has 0 bridgehead atoms. The fraction of sp³-hybridized carbons (Fsp3) is 0.167. The van der Waals surface area contributed by atoms with Crippen LogP contribution in [0.25, 0.3) is 17.1 Å². The van der Waals surface area contributed by atoms with Crippen molar-refractivity contribution in [2.75, 3.05) is 13.7 Å². The molecule has 0 aliphatic rings. The van der Waals surface area contributed by atoms with Gasteiger partial charge in [0.25, 0.3) is 0 Å². The monoisotopic (exact) mass is 323 g/mol. The molecule has 0 radical (unpaired) electrons. The van der Waals surface area contributed by atoms with Gasteiger partial charge in [-0.3, -0.25) is 0 Å².